The monoisotopic (exact) mass is 254 g/mol. The predicted molar refractivity (Wildman–Crippen MR) is 63.7 cm³/mol. The minimum Gasteiger partial charge on any atom is -0.507 e. The molecule has 2 N–H and O–H groups in total. The molecule has 0 atom stereocenters. The van der Waals surface area contributed by atoms with Crippen molar-refractivity contribution >= 4 is 11.8 Å². The van der Waals surface area contributed by atoms with Crippen LogP contribution in [0.2, 0.25) is 0 Å². The van der Waals surface area contributed by atoms with E-state index in [-0.39, 0.29) is 24.4 Å². The molecule has 0 aromatic heterocycles. The molecular weight excluding hydrogens is 239 g/mol. The van der Waals surface area contributed by atoms with E-state index < -0.39 is 17.5 Å². The van der Waals surface area contributed by atoms with Gasteiger partial charge in [-0.3, -0.25) is 9.59 Å². The maximum Gasteiger partial charge on any atom is 0.255 e. The first-order valence-electron chi connectivity index (χ1n) is 5.38. The van der Waals surface area contributed by atoms with Crippen LogP contribution < -0.4 is 5.32 Å². The van der Waals surface area contributed by atoms with Gasteiger partial charge in [-0.05, 0) is 12.1 Å². The fourth-order valence-electron chi connectivity index (χ4n) is 1.30. The summed E-state index contributed by atoms with van der Waals surface area (Å²) in [6.07, 6.45) is 0.167. The normalized spacial score (nSPS) is 9.94. The van der Waals surface area contributed by atoms with Gasteiger partial charge in [-0.2, -0.15) is 0 Å². The number of carbonyl (C=O) groups excluding carboxylic acids is 2. The number of phenolic OH excluding ortho intramolecular Hbond substituents is 1. The molecule has 0 aliphatic rings. The Bertz CT molecular complexity index is 461. The Kier molecular flexibility index (Phi) is 4.65. The van der Waals surface area contributed by atoms with Crippen LogP contribution in [0.4, 0.5) is 4.39 Å². The van der Waals surface area contributed by atoms with Crippen LogP contribution in [0.15, 0.2) is 18.2 Å². The topological polar surface area (TPSA) is 69.6 Å². The lowest BCUT2D eigenvalue weighted by atomic mass is 10.2. The van der Waals surface area contributed by atoms with Gasteiger partial charge in [0, 0.05) is 33.1 Å². The number of hydrogen-bond acceptors (Lipinski definition) is 3. The average molecular weight is 254 g/mol. The smallest absolute Gasteiger partial charge is 0.255 e. The van der Waals surface area contributed by atoms with Crippen molar-refractivity contribution in [3.05, 3.63) is 29.6 Å². The Hall–Kier alpha value is -2.11. The third kappa shape index (κ3) is 3.73. The van der Waals surface area contributed by atoms with E-state index in [4.69, 9.17) is 0 Å². The quantitative estimate of drug-likeness (QED) is 0.832. The standard InChI is InChI=1S/C12H15FN2O3/c1-15(2)11(17)5-6-14-12(18)9-4-3-8(13)7-10(9)16/h3-4,7,16H,5-6H2,1-2H3,(H,14,18). The molecule has 98 valence electrons. The second-order valence-electron chi connectivity index (χ2n) is 3.96. The van der Waals surface area contributed by atoms with Crippen molar-refractivity contribution in [2.45, 2.75) is 6.42 Å². The van der Waals surface area contributed by atoms with Gasteiger partial charge in [0.05, 0.1) is 5.56 Å². The molecule has 1 aromatic carbocycles. The number of carbonyl (C=O) groups is 2. The van der Waals surface area contributed by atoms with Gasteiger partial charge in [0.1, 0.15) is 11.6 Å². The molecule has 2 amide bonds. The Morgan fingerprint density at radius 1 is 1.39 bits per heavy atom. The molecule has 0 saturated carbocycles. The number of halogens is 1. The van der Waals surface area contributed by atoms with Crippen molar-refractivity contribution < 1.29 is 19.1 Å². The Morgan fingerprint density at radius 2 is 2.06 bits per heavy atom. The van der Waals surface area contributed by atoms with Crippen molar-refractivity contribution in [2.24, 2.45) is 0 Å². The first-order chi connectivity index (χ1) is 8.41. The van der Waals surface area contributed by atoms with Gasteiger partial charge in [-0.1, -0.05) is 0 Å². The second kappa shape index (κ2) is 6.00. The van der Waals surface area contributed by atoms with E-state index in [2.05, 4.69) is 5.32 Å². The van der Waals surface area contributed by atoms with Crippen molar-refractivity contribution in [3.63, 3.8) is 0 Å². The zero-order chi connectivity index (χ0) is 13.7. The SMILES string of the molecule is CN(C)C(=O)CCNC(=O)c1ccc(F)cc1O. The Morgan fingerprint density at radius 3 is 2.61 bits per heavy atom. The average Bonchev–Trinajstić information content (AvgIpc) is 2.28. The zero-order valence-corrected chi connectivity index (χ0v) is 10.2. The fraction of sp³-hybridized carbons (Fsp3) is 0.333. The lowest BCUT2D eigenvalue weighted by molar-refractivity contribution is -0.128. The van der Waals surface area contributed by atoms with Gasteiger partial charge in [0.2, 0.25) is 5.91 Å². The maximum atomic E-state index is 12.7. The third-order valence-electron chi connectivity index (χ3n) is 2.33. The summed E-state index contributed by atoms with van der Waals surface area (Å²) in [6, 6.07) is 3.13. The van der Waals surface area contributed by atoms with E-state index in [0.717, 1.165) is 12.1 Å². The number of phenols is 1. The van der Waals surface area contributed by atoms with Crippen LogP contribution in [0, 0.1) is 5.82 Å². The van der Waals surface area contributed by atoms with Crippen LogP contribution in [0.1, 0.15) is 16.8 Å². The summed E-state index contributed by atoms with van der Waals surface area (Å²) in [7, 11) is 3.24. The number of aromatic hydroxyl groups is 1. The fourth-order valence-corrected chi connectivity index (χ4v) is 1.30. The Labute approximate surface area is 104 Å². The van der Waals surface area contributed by atoms with Crippen LogP contribution in [-0.2, 0) is 4.79 Å². The summed E-state index contributed by atoms with van der Waals surface area (Å²) < 4.78 is 12.7. The highest BCUT2D eigenvalue weighted by molar-refractivity contribution is 5.96. The number of rotatable bonds is 4. The molecular formula is C12H15FN2O3. The number of benzene rings is 1. The van der Waals surface area contributed by atoms with E-state index in [0.29, 0.717) is 0 Å². The molecule has 5 nitrogen and oxygen atoms in total. The van der Waals surface area contributed by atoms with Crippen LogP contribution in [0.25, 0.3) is 0 Å². The van der Waals surface area contributed by atoms with E-state index in [1.807, 2.05) is 0 Å². The predicted octanol–water partition coefficient (Wildman–Crippen LogP) is 0.739. The number of amides is 2. The number of nitrogens with one attached hydrogen (secondary N) is 1. The molecule has 0 bridgehead atoms. The number of nitrogens with zero attached hydrogens (tertiary/aromatic N) is 1. The minimum atomic E-state index is -0.619. The van der Waals surface area contributed by atoms with Crippen LogP contribution in [-0.4, -0.2) is 42.5 Å². The highest BCUT2D eigenvalue weighted by atomic mass is 19.1. The molecule has 0 aliphatic heterocycles. The van der Waals surface area contributed by atoms with E-state index in [9.17, 15) is 19.1 Å². The molecule has 6 heteroatoms. The summed E-state index contributed by atoms with van der Waals surface area (Å²) in [6.45, 7) is 0.159. The van der Waals surface area contributed by atoms with E-state index in [1.165, 1.54) is 11.0 Å². The molecule has 18 heavy (non-hydrogen) atoms. The van der Waals surface area contributed by atoms with Crippen molar-refractivity contribution in [1.29, 1.82) is 0 Å². The van der Waals surface area contributed by atoms with E-state index >= 15 is 0 Å². The lowest BCUT2D eigenvalue weighted by Gasteiger charge is -2.10. The zero-order valence-electron chi connectivity index (χ0n) is 10.2. The molecule has 0 saturated heterocycles. The van der Waals surface area contributed by atoms with Crippen LogP contribution in [0.3, 0.4) is 0 Å². The summed E-state index contributed by atoms with van der Waals surface area (Å²) >= 11 is 0. The first kappa shape index (κ1) is 14.0. The van der Waals surface area contributed by atoms with Gasteiger partial charge in [0.15, 0.2) is 0 Å². The highest BCUT2D eigenvalue weighted by Gasteiger charge is 2.12. The van der Waals surface area contributed by atoms with Gasteiger partial charge in [0.25, 0.3) is 5.91 Å². The summed E-state index contributed by atoms with van der Waals surface area (Å²) in [4.78, 5) is 24.3. The highest BCUT2D eigenvalue weighted by Crippen LogP contribution is 2.17. The molecule has 1 rings (SSSR count). The molecule has 0 fully saturated rings. The van der Waals surface area contributed by atoms with Crippen molar-refractivity contribution in [2.75, 3.05) is 20.6 Å². The molecule has 0 heterocycles. The first-order valence-corrected chi connectivity index (χ1v) is 5.38. The van der Waals surface area contributed by atoms with Crippen molar-refractivity contribution in [1.82, 2.24) is 10.2 Å². The molecule has 0 unspecified atom stereocenters. The van der Waals surface area contributed by atoms with Gasteiger partial charge >= 0.3 is 0 Å². The van der Waals surface area contributed by atoms with E-state index in [1.54, 1.807) is 14.1 Å². The second-order valence-corrected chi connectivity index (χ2v) is 3.96. The van der Waals surface area contributed by atoms with Crippen LogP contribution >= 0.6 is 0 Å². The minimum absolute atomic E-state index is 0.0197. The molecule has 0 radical (unpaired) electrons. The van der Waals surface area contributed by atoms with Crippen LogP contribution in [0.5, 0.6) is 5.75 Å². The summed E-state index contributed by atoms with van der Waals surface area (Å²) in [5.41, 5.74) is -0.0197. The van der Waals surface area contributed by atoms with Gasteiger partial charge in [-0.15, -0.1) is 0 Å². The molecule has 0 aliphatic carbocycles. The summed E-state index contributed by atoms with van der Waals surface area (Å²) in [5, 5.41) is 11.9. The number of hydrogen-bond donors (Lipinski definition) is 2. The Balaban J connectivity index is 2.53. The maximum absolute atomic E-state index is 12.7. The molecule has 0 spiro atoms. The van der Waals surface area contributed by atoms with Crippen molar-refractivity contribution in [3.8, 4) is 5.75 Å². The molecule has 1 aromatic rings. The largest absolute Gasteiger partial charge is 0.507 e. The summed E-state index contributed by atoms with van der Waals surface area (Å²) in [5.74, 6) is -1.70. The van der Waals surface area contributed by atoms with Gasteiger partial charge < -0.3 is 15.3 Å². The van der Waals surface area contributed by atoms with Gasteiger partial charge in [-0.25, -0.2) is 4.39 Å². The third-order valence-corrected chi connectivity index (χ3v) is 2.33. The lowest BCUT2D eigenvalue weighted by Crippen LogP contribution is -2.30.